The molecule has 3 nitrogen and oxygen atoms in total. The van der Waals surface area contributed by atoms with Crippen LogP contribution in [0.1, 0.15) is 20.7 Å². The summed E-state index contributed by atoms with van der Waals surface area (Å²) in [6.07, 6.45) is 0.845. The summed E-state index contributed by atoms with van der Waals surface area (Å²) in [4.78, 5) is 22.0. The molecule has 4 aromatic rings. The van der Waals surface area contributed by atoms with E-state index < -0.39 is 5.97 Å². The Morgan fingerprint density at radius 2 is 1.22 bits per heavy atom. The van der Waals surface area contributed by atoms with Crippen LogP contribution in [0.15, 0.2) is 60.7 Å². The van der Waals surface area contributed by atoms with Crippen LogP contribution in [0.4, 0.5) is 0 Å². The second-order valence-corrected chi connectivity index (χ2v) is 5.64. The first-order valence-electron chi connectivity index (χ1n) is 7.24. The minimum atomic E-state index is -0.924. The van der Waals surface area contributed by atoms with Gasteiger partial charge in [-0.1, -0.05) is 18.2 Å². The number of aromatic carboxylic acids is 1. The predicted molar refractivity (Wildman–Crippen MR) is 91.3 cm³/mol. The van der Waals surface area contributed by atoms with Gasteiger partial charge in [0.1, 0.15) is 6.29 Å². The van der Waals surface area contributed by atoms with Gasteiger partial charge in [-0.15, -0.1) is 0 Å². The molecule has 4 aromatic carbocycles. The van der Waals surface area contributed by atoms with Crippen molar-refractivity contribution in [1.29, 1.82) is 0 Å². The second kappa shape index (κ2) is 4.92. The third-order valence-electron chi connectivity index (χ3n) is 4.16. The van der Waals surface area contributed by atoms with Gasteiger partial charge in [0, 0.05) is 5.56 Å². The van der Waals surface area contributed by atoms with Gasteiger partial charge in [-0.05, 0) is 74.8 Å². The van der Waals surface area contributed by atoms with Crippen molar-refractivity contribution in [3.8, 4) is 0 Å². The maximum absolute atomic E-state index is 11.1. The molecule has 0 aliphatic rings. The Morgan fingerprint density at radius 1 is 0.696 bits per heavy atom. The predicted octanol–water partition coefficient (Wildman–Crippen LogP) is 4.66. The van der Waals surface area contributed by atoms with Crippen molar-refractivity contribution < 1.29 is 14.7 Å². The number of benzene rings is 4. The van der Waals surface area contributed by atoms with Crippen molar-refractivity contribution in [2.24, 2.45) is 0 Å². The fraction of sp³-hybridized carbons (Fsp3) is 0. The molecule has 0 radical (unpaired) electrons. The molecule has 0 saturated carbocycles. The lowest BCUT2D eigenvalue weighted by Crippen LogP contribution is -1.95. The van der Waals surface area contributed by atoms with Gasteiger partial charge in [-0.3, -0.25) is 4.79 Å². The molecule has 0 spiro atoms. The van der Waals surface area contributed by atoms with Gasteiger partial charge < -0.3 is 5.11 Å². The Kier molecular flexibility index (Phi) is 2.88. The lowest BCUT2D eigenvalue weighted by molar-refractivity contribution is 0.0697. The first-order valence-corrected chi connectivity index (χ1v) is 7.24. The van der Waals surface area contributed by atoms with Crippen LogP contribution in [0.3, 0.4) is 0 Å². The smallest absolute Gasteiger partial charge is 0.335 e. The summed E-state index contributed by atoms with van der Waals surface area (Å²) in [6.45, 7) is 0. The molecule has 0 aliphatic carbocycles. The Morgan fingerprint density at radius 3 is 1.83 bits per heavy atom. The number of carboxylic acids is 1. The minimum absolute atomic E-state index is 0.285. The summed E-state index contributed by atoms with van der Waals surface area (Å²) in [5.41, 5.74) is 0.942. The van der Waals surface area contributed by atoms with Crippen LogP contribution < -0.4 is 0 Å². The van der Waals surface area contributed by atoms with E-state index >= 15 is 0 Å². The number of hydrogen-bond donors (Lipinski definition) is 1. The van der Waals surface area contributed by atoms with Crippen LogP contribution in [0, 0.1) is 0 Å². The normalized spacial score (nSPS) is 11.1. The summed E-state index contributed by atoms with van der Waals surface area (Å²) < 4.78 is 0. The number of aldehydes is 1. The summed E-state index contributed by atoms with van der Waals surface area (Å²) in [5.74, 6) is -0.924. The van der Waals surface area contributed by atoms with E-state index in [0.29, 0.717) is 5.56 Å². The maximum atomic E-state index is 11.1. The van der Waals surface area contributed by atoms with Crippen LogP contribution in [-0.4, -0.2) is 17.4 Å². The van der Waals surface area contributed by atoms with Gasteiger partial charge in [-0.25, -0.2) is 4.79 Å². The summed E-state index contributed by atoms with van der Waals surface area (Å²) in [6, 6.07) is 18.9. The van der Waals surface area contributed by atoms with E-state index in [1.807, 2.05) is 30.3 Å². The number of rotatable bonds is 2. The van der Waals surface area contributed by atoms with E-state index in [-0.39, 0.29) is 5.56 Å². The summed E-state index contributed by atoms with van der Waals surface area (Å²) in [7, 11) is 0. The van der Waals surface area contributed by atoms with Gasteiger partial charge >= 0.3 is 5.97 Å². The van der Waals surface area contributed by atoms with Crippen LogP contribution in [0.5, 0.6) is 0 Å². The zero-order valence-electron chi connectivity index (χ0n) is 12.1. The van der Waals surface area contributed by atoms with Crippen molar-refractivity contribution >= 4 is 44.6 Å². The number of carbonyl (C=O) groups excluding carboxylic acids is 1. The zero-order chi connectivity index (χ0) is 16.0. The molecule has 0 fully saturated rings. The maximum Gasteiger partial charge on any atom is 0.335 e. The molecule has 0 bridgehead atoms. The number of fused-ring (bicyclic) bond motifs is 3. The number of carboxylic acid groups (broad SMARTS) is 1. The van der Waals surface area contributed by atoms with Gasteiger partial charge in [0.2, 0.25) is 0 Å². The van der Waals surface area contributed by atoms with E-state index in [1.54, 1.807) is 18.2 Å². The van der Waals surface area contributed by atoms with Crippen molar-refractivity contribution in [2.45, 2.75) is 0 Å². The summed E-state index contributed by atoms with van der Waals surface area (Å²) >= 11 is 0. The van der Waals surface area contributed by atoms with E-state index in [9.17, 15) is 9.59 Å². The van der Waals surface area contributed by atoms with Crippen molar-refractivity contribution in [3.63, 3.8) is 0 Å². The monoisotopic (exact) mass is 300 g/mol. The molecule has 0 aliphatic heterocycles. The first-order chi connectivity index (χ1) is 11.1. The lowest BCUT2D eigenvalue weighted by Gasteiger charge is -2.06. The summed E-state index contributed by atoms with van der Waals surface area (Å²) in [5, 5.41) is 15.2. The van der Waals surface area contributed by atoms with Crippen LogP contribution in [-0.2, 0) is 0 Å². The average Bonchev–Trinajstić information content (AvgIpc) is 2.57. The third-order valence-corrected chi connectivity index (χ3v) is 4.16. The molecular weight excluding hydrogens is 288 g/mol. The van der Waals surface area contributed by atoms with Gasteiger partial charge in [-0.2, -0.15) is 0 Å². The fourth-order valence-electron chi connectivity index (χ4n) is 2.97. The molecule has 0 aromatic heterocycles. The Balaban J connectivity index is 2.03. The Hall–Kier alpha value is -3.20. The SMILES string of the molecule is O=Cc1ccc2cc3cc4cc(C(=O)O)ccc4cc3cc2c1. The van der Waals surface area contributed by atoms with Crippen LogP contribution in [0.2, 0.25) is 0 Å². The lowest BCUT2D eigenvalue weighted by atomic mass is 9.98. The molecule has 110 valence electrons. The minimum Gasteiger partial charge on any atom is -0.478 e. The van der Waals surface area contributed by atoms with Gasteiger partial charge in [0.25, 0.3) is 0 Å². The van der Waals surface area contributed by atoms with Crippen molar-refractivity contribution in [3.05, 3.63) is 71.8 Å². The molecule has 4 rings (SSSR count). The highest BCUT2D eigenvalue weighted by Crippen LogP contribution is 2.28. The quantitative estimate of drug-likeness (QED) is 0.433. The standard InChI is InChI=1S/C20H12O3/c21-11-12-1-2-13-6-19-10-17-8-15(20(22)23)4-3-14(17)7-18(19)9-16(13)5-12/h1-11H,(H,22,23). The highest BCUT2D eigenvalue weighted by Gasteiger charge is 2.06. The molecule has 0 atom stereocenters. The molecule has 23 heavy (non-hydrogen) atoms. The number of hydrogen-bond acceptors (Lipinski definition) is 2. The second-order valence-electron chi connectivity index (χ2n) is 5.64. The van der Waals surface area contributed by atoms with Crippen LogP contribution >= 0.6 is 0 Å². The van der Waals surface area contributed by atoms with Crippen LogP contribution in [0.25, 0.3) is 32.3 Å². The molecule has 0 saturated heterocycles. The number of carbonyl (C=O) groups is 2. The topological polar surface area (TPSA) is 54.4 Å². The average molecular weight is 300 g/mol. The van der Waals surface area contributed by atoms with E-state index in [2.05, 4.69) is 12.1 Å². The van der Waals surface area contributed by atoms with E-state index in [0.717, 1.165) is 38.6 Å². The van der Waals surface area contributed by atoms with Gasteiger partial charge in [0.05, 0.1) is 5.56 Å². The highest BCUT2D eigenvalue weighted by molar-refractivity contribution is 6.06. The molecule has 3 heteroatoms. The zero-order valence-corrected chi connectivity index (χ0v) is 12.1. The first kappa shape index (κ1) is 13.5. The highest BCUT2D eigenvalue weighted by atomic mass is 16.4. The van der Waals surface area contributed by atoms with Crippen molar-refractivity contribution in [1.82, 2.24) is 0 Å². The Bertz CT molecular complexity index is 1110. The van der Waals surface area contributed by atoms with E-state index in [1.165, 1.54) is 0 Å². The molecule has 1 N–H and O–H groups in total. The Labute approximate surface area is 131 Å². The van der Waals surface area contributed by atoms with Crippen molar-refractivity contribution in [2.75, 3.05) is 0 Å². The molecule has 0 heterocycles. The molecule has 0 unspecified atom stereocenters. The van der Waals surface area contributed by atoms with E-state index in [4.69, 9.17) is 5.11 Å². The molecule has 0 amide bonds. The largest absolute Gasteiger partial charge is 0.478 e. The third kappa shape index (κ3) is 2.23. The molecular formula is C20H12O3. The van der Waals surface area contributed by atoms with Gasteiger partial charge in [0.15, 0.2) is 0 Å². The fourth-order valence-corrected chi connectivity index (χ4v) is 2.97.